The van der Waals surface area contributed by atoms with Gasteiger partial charge in [-0.15, -0.1) is 0 Å². The molecule has 9 heteroatoms. The minimum absolute atomic E-state index is 0.201. The van der Waals surface area contributed by atoms with Gasteiger partial charge in [0.15, 0.2) is 5.13 Å². The number of amides is 3. The molecule has 0 radical (unpaired) electrons. The van der Waals surface area contributed by atoms with Crippen molar-refractivity contribution in [3.63, 3.8) is 0 Å². The van der Waals surface area contributed by atoms with Crippen LogP contribution in [0.5, 0.6) is 0 Å². The van der Waals surface area contributed by atoms with Crippen LogP contribution in [0.25, 0.3) is 10.2 Å². The molecule has 0 atom stereocenters. The van der Waals surface area contributed by atoms with E-state index in [2.05, 4.69) is 23.7 Å². The van der Waals surface area contributed by atoms with E-state index in [9.17, 15) is 18.8 Å². The zero-order valence-corrected chi connectivity index (χ0v) is 19.4. The molecule has 1 aliphatic rings. The lowest BCUT2D eigenvalue weighted by Crippen LogP contribution is -2.39. The first-order chi connectivity index (χ1) is 15.9. The van der Waals surface area contributed by atoms with Crippen LogP contribution in [0.3, 0.4) is 0 Å². The molecule has 1 fully saturated rings. The molecule has 0 unspecified atom stereocenters. The number of halogens is 1. The molecule has 7 nitrogen and oxygen atoms in total. The summed E-state index contributed by atoms with van der Waals surface area (Å²) in [6, 6.07) is 11.2. The first kappa shape index (κ1) is 23.0. The normalized spacial score (nSPS) is 14.0. The first-order valence-corrected chi connectivity index (χ1v) is 11.8. The Hall–Kier alpha value is -3.17. The Morgan fingerprint density at radius 3 is 2.30 bits per heavy atom. The highest BCUT2D eigenvalue weighted by molar-refractivity contribution is 7.22. The number of imide groups is 1. The fourth-order valence-corrected chi connectivity index (χ4v) is 4.86. The first-order valence-electron chi connectivity index (χ1n) is 11.0. The molecular formula is C24H25FN4O3S. The van der Waals surface area contributed by atoms with Crippen LogP contribution in [-0.4, -0.2) is 53.8 Å². The number of thiazole rings is 1. The zero-order valence-electron chi connectivity index (χ0n) is 18.6. The average Bonchev–Trinajstić information content (AvgIpc) is 3.40. The summed E-state index contributed by atoms with van der Waals surface area (Å²) in [6.07, 6.45) is 0.402. The van der Waals surface area contributed by atoms with E-state index in [1.165, 1.54) is 17.4 Å². The van der Waals surface area contributed by atoms with E-state index in [4.69, 9.17) is 0 Å². The summed E-state index contributed by atoms with van der Waals surface area (Å²) in [5.41, 5.74) is 1.10. The molecule has 1 aliphatic heterocycles. The number of nitrogens with zero attached hydrogens (tertiary/aromatic N) is 4. The fourth-order valence-electron chi connectivity index (χ4n) is 3.86. The van der Waals surface area contributed by atoms with Crippen molar-refractivity contribution in [1.82, 2.24) is 9.88 Å². The van der Waals surface area contributed by atoms with E-state index in [1.54, 1.807) is 41.3 Å². The predicted octanol–water partition coefficient (Wildman–Crippen LogP) is 4.08. The molecule has 1 aromatic heterocycles. The molecule has 2 heterocycles. The Morgan fingerprint density at radius 2 is 1.70 bits per heavy atom. The van der Waals surface area contributed by atoms with Gasteiger partial charge in [-0.25, -0.2) is 9.37 Å². The SMILES string of the molecule is CCN(CC)CCN(C(=O)c1ccc(N2C(=O)CCC2=O)cc1)c1nc2c(F)cccc2s1. The van der Waals surface area contributed by atoms with Crippen molar-refractivity contribution in [2.24, 2.45) is 0 Å². The number of anilines is 2. The number of carbonyl (C=O) groups excluding carboxylic acids is 3. The standard InChI is InChI=1S/C24H25FN4O3S/c1-3-27(4-2)14-15-28(24-26-22-18(25)6-5-7-19(22)33-24)23(32)16-8-10-17(11-9-16)29-20(30)12-13-21(29)31/h5-11H,3-4,12-15H2,1-2H3. The number of rotatable bonds is 8. The van der Waals surface area contributed by atoms with Gasteiger partial charge >= 0.3 is 0 Å². The molecule has 3 aromatic rings. The van der Waals surface area contributed by atoms with Gasteiger partial charge in [0.2, 0.25) is 11.8 Å². The van der Waals surface area contributed by atoms with Crippen LogP contribution in [0, 0.1) is 5.82 Å². The smallest absolute Gasteiger partial charge is 0.260 e. The molecule has 0 N–H and O–H groups in total. The van der Waals surface area contributed by atoms with E-state index in [-0.39, 0.29) is 36.1 Å². The molecule has 3 amide bonds. The Bertz CT molecular complexity index is 1170. The Morgan fingerprint density at radius 1 is 1.03 bits per heavy atom. The Balaban J connectivity index is 1.64. The van der Waals surface area contributed by atoms with E-state index in [0.29, 0.717) is 34.2 Å². The number of benzene rings is 2. The lowest BCUT2D eigenvalue weighted by molar-refractivity contribution is -0.121. The lowest BCUT2D eigenvalue weighted by Gasteiger charge is -2.25. The molecule has 0 spiro atoms. The molecule has 2 aromatic carbocycles. The second-order valence-electron chi connectivity index (χ2n) is 7.74. The van der Waals surface area contributed by atoms with Crippen molar-refractivity contribution in [3.05, 3.63) is 53.8 Å². The third-order valence-corrected chi connectivity index (χ3v) is 6.84. The van der Waals surface area contributed by atoms with E-state index in [1.807, 2.05) is 0 Å². The number of hydrogen-bond donors (Lipinski definition) is 0. The molecule has 1 saturated heterocycles. The minimum atomic E-state index is -0.421. The number of fused-ring (bicyclic) bond motifs is 1. The topological polar surface area (TPSA) is 73.8 Å². The third kappa shape index (κ3) is 4.65. The van der Waals surface area contributed by atoms with Crippen molar-refractivity contribution in [3.8, 4) is 0 Å². The summed E-state index contributed by atoms with van der Waals surface area (Å²) < 4.78 is 14.9. The van der Waals surface area contributed by atoms with Crippen molar-refractivity contribution >= 4 is 50.1 Å². The maximum atomic E-state index is 14.2. The van der Waals surface area contributed by atoms with E-state index >= 15 is 0 Å². The maximum absolute atomic E-state index is 14.2. The van der Waals surface area contributed by atoms with Crippen LogP contribution >= 0.6 is 11.3 Å². The average molecular weight is 469 g/mol. The zero-order chi connectivity index (χ0) is 23.5. The van der Waals surface area contributed by atoms with Crippen molar-refractivity contribution < 1.29 is 18.8 Å². The van der Waals surface area contributed by atoms with Crippen LogP contribution in [0.4, 0.5) is 15.2 Å². The van der Waals surface area contributed by atoms with Gasteiger partial charge in [-0.1, -0.05) is 31.3 Å². The second-order valence-corrected chi connectivity index (χ2v) is 8.75. The van der Waals surface area contributed by atoms with Gasteiger partial charge < -0.3 is 4.90 Å². The van der Waals surface area contributed by atoms with Gasteiger partial charge in [0.25, 0.3) is 5.91 Å². The van der Waals surface area contributed by atoms with Gasteiger partial charge in [-0.05, 0) is 49.5 Å². The van der Waals surface area contributed by atoms with Gasteiger partial charge in [-0.3, -0.25) is 24.2 Å². The summed E-state index contributed by atoms with van der Waals surface area (Å²) in [5, 5.41) is 0.432. The number of aromatic nitrogens is 1. The fraction of sp³-hybridized carbons (Fsp3) is 0.333. The third-order valence-electron chi connectivity index (χ3n) is 5.79. The van der Waals surface area contributed by atoms with Crippen LogP contribution in [0.2, 0.25) is 0 Å². The van der Waals surface area contributed by atoms with Crippen LogP contribution in [-0.2, 0) is 9.59 Å². The quantitative estimate of drug-likeness (QED) is 0.466. The van der Waals surface area contributed by atoms with Crippen molar-refractivity contribution in [2.75, 3.05) is 36.0 Å². The van der Waals surface area contributed by atoms with Crippen LogP contribution in [0.15, 0.2) is 42.5 Å². The lowest BCUT2D eigenvalue weighted by atomic mass is 10.1. The maximum Gasteiger partial charge on any atom is 0.260 e. The van der Waals surface area contributed by atoms with Gasteiger partial charge in [0.05, 0.1) is 10.4 Å². The number of carbonyl (C=O) groups is 3. The second kappa shape index (κ2) is 9.76. The van der Waals surface area contributed by atoms with Crippen molar-refractivity contribution in [2.45, 2.75) is 26.7 Å². The highest BCUT2D eigenvalue weighted by Crippen LogP contribution is 2.31. The van der Waals surface area contributed by atoms with Gasteiger partial charge in [-0.2, -0.15) is 0 Å². The molecular weight excluding hydrogens is 443 g/mol. The Labute approximate surface area is 195 Å². The Kier molecular flexibility index (Phi) is 6.80. The molecule has 172 valence electrons. The van der Waals surface area contributed by atoms with Crippen molar-refractivity contribution in [1.29, 1.82) is 0 Å². The monoisotopic (exact) mass is 468 g/mol. The van der Waals surface area contributed by atoms with E-state index in [0.717, 1.165) is 18.0 Å². The highest BCUT2D eigenvalue weighted by Gasteiger charge is 2.30. The van der Waals surface area contributed by atoms with Gasteiger partial charge in [0.1, 0.15) is 11.3 Å². The molecule has 0 saturated carbocycles. The molecule has 33 heavy (non-hydrogen) atoms. The molecule has 0 aliphatic carbocycles. The molecule has 4 rings (SSSR count). The summed E-state index contributed by atoms with van der Waals surface area (Å²) in [7, 11) is 0. The number of hydrogen-bond acceptors (Lipinski definition) is 6. The van der Waals surface area contributed by atoms with E-state index < -0.39 is 5.82 Å². The molecule has 0 bridgehead atoms. The predicted molar refractivity (Wildman–Crippen MR) is 127 cm³/mol. The number of para-hydroxylation sites is 1. The minimum Gasteiger partial charge on any atom is -0.302 e. The summed E-state index contributed by atoms with van der Waals surface area (Å²) in [6.45, 7) is 6.85. The summed E-state index contributed by atoms with van der Waals surface area (Å²) >= 11 is 1.27. The summed E-state index contributed by atoms with van der Waals surface area (Å²) in [5.74, 6) is -1.17. The van der Waals surface area contributed by atoms with Gasteiger partial charge in [0, 0.05) is 31.5 Å². The van der Waals surface area contributed by atoms with Crippen LogP contribution < -0.4 is 9.80 Å². The number of likely N-dealkylation sites (N-methyl/N-ethyl adjacent to an activating group) is 1. The summed E-state index contributed by atoms with van der Waals surface area (Å²) in [4.78, 5) is 46.8. The highest BCUT2D eigenvalue weighted by atomic mass is 32.1. The largest absolute Gasteiger partial charge is 0.302 e. The van der Waals surface area contributed by atoms with Crippen LogP contribution in [0.1, 0.15) is 37.0 Å².